The number of benzene rings is 1. The Hall–Kier alpha value is -3.54. The van der Waals surface area contributed by atoms with Crippen LogP contribution >= 0.6 is 0 Å². The lowest BCUT2D eigenvalue weighted by atomic mass is 10.1. The van der Waals surface area contributed by atoms with Crippen LogP contribution in [0.3, 0.4) is 0 Å². The number of esters is 1. The minimum Gasteiger partial charge on any atom is -0.461 e. The Kier molecular flexibility index (Phi) is 18.4. The van der Waals surface area contributed by atoms with Crippen molar-refractivity contribution in [2.45, 2.75) is 98.1 Å². The van der Waals surface area contributed by atoms with Crippen molar-refractivity contribution in [3.63, 3.8) is 0 Å². The van der Waals surface area contributed by atoms with Gasteiger partial charge in [0.15, 0.2) is 11.5 Å². The van der Waals surface area contributed by atoms with Crippen LogP contribution in [-0.2, 0) is 34.9 Å². The molecular weight excluding hydrogens is 550 g/mol. The van der Waals surface area contributed by atoms with E-state index in [4.69, 9.17) is 38.9 Å². The van der Waals surface area contributed by atoms with Gasteiger partial charge in [-0.3, -0.25) is 4.79 Å². The Morgan fingerprint density at radius 2 is 1.33 bits per heavy atom. The predicted molar refractivity (Wildman–Crippen MR) is 153 cm³/mol. The van der Waals surface area contributed by atoms with Gasteiger partial charge in [0.1, 0.15) is 18.8 Å². The Morgan fingerprint density at radius 3 is 1.90 bits per heavy atom. The molecule has 0 heterocycles. The average Bonchev–Trinajstić information content (AvgIpc) is 2.96. The molecule has 12 nitrogen and oxygen atoms in total. The van der Waals surface area contributed by atoms with Gasteiger partial charge in [-0.1, -0.05) is 65.9 Å². The number of nitrogens with two attached hydrogens (primary N) is 1. The SMILES string of the molecule is CCCCCOC(=O)Oc1ccc(C[C@H](N)C(=O)OC[C@H](C)OC(=O)OCC(C)CC)cc1OC(=O)OCCCCC. The van der Waals surface area contributed by atoms with Crippen LogP contribution in [0.4, 0.5) is 14.4 Å². The highest BCUT2D eigenvalue weighted by molar-refractivity contribution is 5.76. The normalized spacial score (nSPS) is 12.8. The Bertz CT molecular complexity index is 969. The molecule has 3 atom stereocenters. The van der Waals surface area contributed by atoms with Gasteiger partial charge in [0.25, 0.3) is 0 Å². The summed E-state index contributed by atoms with van der Waals surface area (Å²) < 4.78 is 36.0. The molecular formula is C30H47NO11. The van der Waals surface area contributed by atoms with E-state index in [2.05, 4.69) is 0 Å². The standard InChI is InChI=1S/C30H47NO11/c1-6-9-11-15-36-28(33)41-25-14-13-23(18-26(25)42-29(34)37-16-12-10-7-2)17-24(31)27(32)38-20-22(5)40-30(35)39-19-21(4)8-3/h13-14,18,21-22,24H,6-12,15-17,19-20,31H2,1-5H3/t21?,22-,24-/m0/s1. The van der Waals surface area contributed by atoms with E-state index in [0.717, 1.165) is 32.1 Å². The van der Waals surface area contributed by atoms with Crippen molar-refractivity contribution in [3.05, 3.63) is 23.8 Å². The average molecular weight is 598 g/mol. The van der Waals surface area contributed by atoms with Crippen molar-refractivity contribution in [1.82, 2.24) is 0 Å². The predicted octanol–water partition coefficient (Wildman–Crippen LogP) is 6.10. The zero-order valence-electron chi connectivity index (χ0n) is 25.5. The van der Waals surface area contributed by atoms with Crippen LogP contribution in [0.15, 0.2) is 18.2 Å². The summed E-state index contributed by atoms with van der Waals surface area (Å²) in [7, 11) is 0. The second-order valence-electron chi connectivity index (χ2n) is 10.0. The van der Waals surface area contributed by atoms with Gasteiger partial charge in [-0.05, 0) is 49.8 Å². The lowest BCUT2D eigenvalue weighted by Crippen LogP contribution is -2.36. The second-order valence-corrected chi connectivity index (χ2v) is 10.0. The van der Waals surface area contributed by atoms with Crippen molar-refractivity contribution in [3.8, 4) is 11.5 Å². The largest absolute Gasteiger partial charge is 0.513 e. The monoisotopic (exact) mass is 597 g/mol. The van der Waals surface area contributed by atoms with E-state index in [9.17, 15) is 19.2 Å². The summed E-state index contributed by atoms with van der Waals surface area (Å²) in [6, 6.07) is 3.30. The van der Waals surface area contributed by atoms with Gasteiger partial charge < -0.3 is 38.9 Å². The van der Waals surface area contributed by atoms with E-state index >= 15 is 0 Å². The molecule has 1 aromatic carbocycles. The molecule has 0 bridgehead atoms. The maximum absolute atomic E-state index is 12.5. The van der Waals surface area contributed by atoms with Crippen LogP contribution < -0.4 is 15.2 Å². The van der Waals surface area contributed by atoms with Crippen molar-refractivity contribution in [1.29, 1.82) is 0 Å². The smallest absolute Gasteiger partial charge is 0.461 e. The van der Waals surface area contributed by atoms with E-state index in [1.54, 1.807) is 13.0 Å². The van der Waals surface area contributed by atoms with Crippen molar-refractivity contribution >= 4 is 24.4 Å². The van der Waals surface area contributed by atoms with Gasteiger partial charge in [0.2, 0.25) is 0 Å². The van der Waals surface area contributed by atoms with E-state index < -0.39 is 36.6 Å². The van der Waals surface area contributed by atoms with E-state index in [1.165, 1.54) is 12.1 Å². The third-order valence-electron chi connectivity index (χ3n) is 6.03. The van der Waals surface area contributed by atoms with Crippen LogP contribution in [0, 0.1) is 5.92 Å². The summed E-state index contributed by atoms with van der Waals surface area (Å²) in [6.07, 6.45) is 2.46. The van der Waals surface area contributed by atoms with Gasteiger partial charge in [-0.15, -0.1) is 0 Å². The number of carbonyl (C=O) groups is 4. The summed E-state index contributed by atoms with van der Waals surface area (Å²) in [5.74, 6) is -0.688. The van der Waals surface area contributed by atoms with E-state index in [1.807, 2.05) is 27.7 Å². The second kappa shape index (κ2) is 21.2. The zero-order valence-corrected chi connectivity index (χ0v) is 25.5. The molecule has 0 aliphatic carbocycles. The molecule has 2 N–H and O–H groups in total. The summed E-state index contributed by atoms with van der Waals surface area (Å²) >= 11 is 0. The number of hydrogen-bond acceptors (Lipinski definition) is 12. The fraction of sp³-hybridized carbons (Fsp3) is 0.667. The van der Waals surface area contributed by atoms with Gasteiger partial charge in [0.05, 0.1) is 19.8 Å². The first-order valence-electron chi connectivity index (χ1n) is 14.7. The third kappa shape index (κ3) is 16.0. The Balaban J connectivity index is 2.77. The molecule has 0 fully saturated rings. The summed E-state index contributed by atoms with van der Waals surface area (Å²) in [5, 5.41) is 0. The molecule has 1 rings (SSSR count). The zero-order chi connectivity index (χ0) is 31.3. The molecule has 0 saturated carbocycles. The highest BCUT2D eigenvalue weighted by Gasteiger charge is 2.22. The molecule has 0 aromatic heterocycles. The first-order chi connectivity index (χ1) is 20.1. The van der Waals surface area contributed by atoms with Crippen LogP contribution in [0.25, 0.3) is 0 Å². The van der Waals surface area contributed by atoms with Gasteiger partial charge in [-0.2, -0.15) is 0 Å². The van der Waals surface area contributed by atoms with Crippen LogP contribution in [0.1, 0.15) is 85.1 Å². The summed E-state index contributed by atoms with van der Waals surface area (Å²) in [4.78, 5) is 48.6. The molecule has 42 heavy (non-hydrogen) atoms. The Morgan fingerprint density at radius 1 is 0.738 bits per heavy atom. The fourth-order valence-electron chi connectivity index (χ4n) is 3.30. The lowest BCUT2D eigenvalue weighted by Gasteiger charge is -2.17. The molecule has 0 amide bonds. The molecule has 0 aliphatic heterocycles. The van der Waals surface area contributed by atoms with Gasteiger partial charge >= 0.3 is 24.4 Å². The molecule has 0 saturated heterocycles. The van der Waals surface area contributed by atoms with E-state index in [-0.39, 0.29) is 50.3 Å². The number of rotatable bonds is 19. The van der Waals surface area contributed by atoms with Gasteiger partial charge in [-0.25, -0.2) is 14.4 Å². The molecule has 0 aliphatic rings. The van der Waals surface area contributed by atoms with Gasteiger partial charge in [0, 0.05) is 0 Å². The quantitative estimate of drug-likeness (QED) is 0.0846. The van der Waals surface area contributed by atoms with Crippen molar-refractivity contribution < 1.29 is 52.3 Å². The summed E-state index contributed by atoms with van der Waals surface area (Å²) in [5.41, 5.74) is 6.53. The fourth-order valence-corrected chi connectivity index (χ4v) is 3.30. The molecule has 1 unspecified atom stereocenters. The molecule has 12 heteroatoms. The molecule has 0 spiro atoms. The lowest BCUT2D eigenvalue weighted by molar-refractivity contribution is -0.148. The number of ether oxygens (including phenoxy) is 7. The highest BCUT2D eigenvalue weighted by atomic mass is 16.7. The maximum Gasteiger partial charge on any atom is 0.513 e. The summed E-state index contributed by atoms with van der Waals surface area (Å²) in [6.45, 7) is 9.93. The number of unbranched alkanes of at least 4 members (excludes halogenated alkanes) is 4. The third-order valence-corrected chi connectivity index (χ3v) is 6.03. The highest BCUT2D eigenvalue weighted by Crippen LogP contribution is 2.30. The van der Waals surface area contributed by atoms with Crippen molar-refractivity contribution in [2.75, 3.05) is 26.4 Å². The van der Waals surface area contributed by atoms with Crippen LogP contribution in [-0.4, -0.2) is 63.0 Å². The van der Waals surface area contributed by atoms with E-state index in [0.29, 0.717) is 18.4 Å². The van der Waals surface area contributed by atoms with Crippen LogP contribution in [0.5, 0.6) is 11.5 Å². The number of hydrogen-bond donors (Lipinski definition) is 1. The van der Waals surface area contributed by atoms with Crippen LogP contribution in [0.2, 0.25) is 0 Å². The first kappa shape index (κ1) is 36.5. The maximum atomic E-state index is 12.5. The number of carbonyl (C=O) groups excluding carboxylic acids is 4. The first-order valence-corrected chi connectivity index (χ1v) is 14.7. The molecule has 0 radical (unpaired) electrons. The minimum absolute atomic E-state index is 0.00860. The Labute approximate surface area is 248 Å². The minimum atomic E-state index is -1.08. The molecule has 1 aromatic rings. The van der Waals surface area contributed by atoms with Crippen molar-refractivity contribution in [2.24, 2.45) is 11.7 Å². The molecule has 238 valence electrons. The topological polar surface area (TPSA) is 159 Å².